The van der Waals surface area contributed by atoms with Gasteiger partial charge in [0, 0.05) is 5.54 Å². The Morgan fingerprint density at radius 2 is 1.76 bits per heavy atom. The summed E-state index contributed by atoms with van der Waals surface area (Å²) >= 11 is 0. The van der Waals surface area contributed by atoms with Gasteiger partial charge in [0.05, 0.1) is 11.6 Å². The molecule has 0 aliphatic carbocycles. The zero-order chi connectivity index (χ0) is 13.6. The fourth-order valence-corrected chi connectivity index (χ4v) is 2.53. The molecule has 4 heteroatoms. The zero-order valence-corrected chi connectivity index (χ0v) is 12.0. The van der Waals surface area contributed by atoms with Gasteiger partial charge < -0.3 is 9.84 Å². The number of likely N-dealkylation sites (tertiary alicyclic amines) is 1. The third-order valence-electron chi connectivity index (χ3n) is 3.27. The third-order valence-corrected chi connectivity index (χ3v) is 3.27. The van der Waals surface area contributed by atoms with E-state index in [2.05, 4.69) is 0 Å². The Bertz CT molecular complexity index is 315. The second kappa shape index (κ2) is 3.87. The first kappa shape index (κ1) is 14.3. The van der Waals surface area contributed by atoms with Crippen molar-refractivity contribution in [2.75, 3.05) is 0 Å². The molecule has 1 aliphatic rings. The van der Waals surface area contributed by atoms with Crippen molar-refractivity contribution in [2.24, 2.45) is 0 Å². The molecule has 1 unspecified atom stereocenters. The van der Waals surface area contributed by atoms with Crippen LogP contribution in [0.1, 0.15) is 54.9 Å². The molecule has 0 saturated carbocycles. The van der Waals surface area contributed by atoms with E-state index >= 15 is 0 Å². The maximum atomic E-state index is 12.2. The fraction of sp³-hybridized carbons (Fsp3) is 0.923. The van der Waals surface area contributed by atoms with Crippen molar-refractivity contribution >= 4 is 6.09 Å². The van der Waals surface area contributed by atoms with Crippen LogP contribution in [0.5, 0.6) is 0 Å². The van der Waals surface area contributed by atoms with E-state index in [-0.39, 0.29) is 11.6 Å². The van der Waals surface area contributed by atoms with Gasteiger partial charge in [0.1, 0.15) is 5.60 Å². The number of hydrogen-bond donors (Lipinski definition) is 1. The van der Waals surface area contributed by atoms with E-state index < -0.39 is 17.2 Å². The molecule has 17 heavy (non-hydrogen) atoms. The molecule has 1 atom stereocenters. The predicted octanol–water partition coefficient (Wildman–Crippen LogP) is 2.55. The number of amides is 1. The second-order valence-electron chi connectivity index (χ2n) is 7.00. The number of carbonyl (C=O) groups is 1. The number of aliphatic hydroxyl groups excluding tert-OH is 1. The van der Waals surface area contributed by atoms with Gasteiger partial charge >= 0.3 is 6.09 Å². The average molecular weight is 243 g/mol. The predicted molar refractivity (Wildman–Crippen MR) is 66.9 cm³/mol. The van der Waals surface area contributed by atoms with Crippen LogP contribution in [-0.2, 0) is 4.74 Å². The molecule has 0 aromatic rings. The van der Waals surface area contributed by atoms with E-state index in [0.717, 1.165) is 0 Å². The van der Waals surface area contributed by atoms with Crippen molar-refractivity contribution in [3.63, 3.8) is 0 Å². The lowest BCUT2D eigenvalue weighted by Crippen LogP contribution is -2.55. The topological polar surface area (TPSA) is 49.8 Å². The van der Waals surface area contributed by atoms with Crippen molar-refractivity contribution in [3.8, 4) is 0 Å². The molecule has 0 bridgehead atoms. The lowest BCUT2D eigenvalue weighted by Gasteiger charge is -2.41. The number of hydrogen-bond acceptors (Lipinski definition) is 3. The maximum absolute atomic E-state index is 12.2. The van der Waals surface area contributed by atoms with Crippen molar-refractivity contribution in [2.45, 2.75) is 77.7 Å². The van der Waals surface area contributed by atoms with Gasteiger partial charge in [-0.2, -0.15) is 0 Å². The highest BCUT2D eigenvalue weighted by Gasteiger charge is 2.54. The van der Waals surface area contributed by atoms with E-state index in [9.17, 15) is 9.90 Å². The van der Waals surface area contributed by atoms with Crippen LogP contribution in [0.15, 0.2) is 0 Å². The van der Waals surface area contributed by atoms with E-state index in [4.69, 9.17) is 4.74 Å². The number of carbonyl (C=O) groups excluding carboxylic acids is 1. The standard InChI is InChI=1S/C13H25NO3/c1-11(2,3)17-10(16)14-12(4,5)8-9(15)13(14,6)7/h9,15H,8H2,1-7H3. The Morgan fingerprint density at radius 1 is 1.29 bits per heavy atom. The van der Waals surface area contributed by atoms with E-state index in [1.165, 1.54) is 0 Å². The zero-order valence-electron chi connectivity index (χ0n) is 12.0. The van der Waals surface area contributed by atoms with Crippen molar-refractivity contribution in [1.82, 2.24) is 4.90 Å². The summed E-state index contributed by atoms with van der Waals surface area (Å²) in [6.07, 6.45) is -0.312. The monoisotopic (exact) mass is 243 g/mol. The number of rotatable bonds is 0. The van der Waals surface area contributed by atoms with Crippen LogP contribution < -0.4 is 0 Å². The first-order valence-corrected chi connectivity index (χ1v) is 6.09. The van der Waals surface area contributed by atoms with Gasteiger partial charge in [-0.25, -0.2) is 4.79 Å². The van der Waals surface area contributed by atoms with E-state index in [1.807, 2.05) is 48.5 Å². The summed E-state index contributed by atoms with van der Waals surface area (Å²) in [5, 5.41) is 10.1. The van der Waals surface area contributed by atoms with Gasteiger partial charge in [-0.1, -0.05) is 0 Å². The molecule has 0 aromatic carbocycles. The van der Waals surface area contributed by atoms with Crippen LogP contribution in [0.4, 0.5) is 4.79 Å². The van der Waals surface area contributed by atoms with Crippen LogP contribution in [0, 0.1) is 0 Å². The second-order valence-corrected chi connectivity index (χ2v) is 7.00. The van der Waals surface area contributed by atoms with Crippen molar-refractivity contribution < 1.29 is 14.6 Å². The molecule has 0 radical (unpaired) electrons. The van der Waals surface area contributed by atoms with E-state index in [0.29, 0.717) is 6.42 Å². The summed E-state index contributed by atoms with van der Waals surface area (Å²) in [7, 11) is 0. The first-order chi connectivity index (χ1) is 7.38. The van der Waals surface area contributed by atoms with Gasteiger partial charge in [-0.3, -0.25) is 4.90 Å². The molecular weight excluding hydrogens is 218 g/mol. The highest BCUT2D eigenvalue weighted by Crippen LogP contribution is 2.41. The van der Waals surface area contributed by atoms with Gasteiger partial charge in [0.25, 0.3) is 0 Å². The Kier molecular flexibility index (Phi) is 3.25. The Balaban J connectivity index is 2.98. The molecule has 1 rings (SSSR count). The normalized spacial score (nSPS) is 27.1. The number of ether oxygens (including phenoxy) is 1. The van der Waals surface area contributed by atoms with Crippen LogP contribution in [-0.4, -0.2) is 38.9 Å². The lowest BCUT2D eigenvalue weighted by atomic mass is 9.97. The molecule has 100 valence electrons. The molecule has 1 aliphatic heterocycles. The molecule has 1 fully saturated rings. The SMILES string of the molecule is CC(C)(C)OC(=O)N1C(C)(C)CC(O)C1(C)C. The van der Waals surface area contributed by atoms with Crippen molar-refractivity contribution in [3.05, 3.63) is 0 Å². The summed E-state index contributed by atoms with van der Waals surface area (Å²) < 4.78 is 5.42. The highest BCUT2D eigenvalue weighted by molar-refractivity contribution is 5.71. The highest BCUT2D eigenvalue weighted by atomic mass is 16.6. The molecule has 1 N–H and O–H groups in total. The molecule has 1 amide bonds. The summed E-state index contributed by atoms with van der Waals surface area (Å²) in [6, 6.07) is 0. The molecule has 1 heterocycles. The third kappa shape index (κ3) is 2.73. The molecule has 1 saturated heterocycles. The summed E-state index contributed by atoms with van der Waals surface area (Å²) in [5.74, 6) is 0. The van der Waals surface area contributed by atoms with Crippen LogP contribution in [0.3, 0.4) is 0 Å². The first-order valence-electron chi connectivity index (χ1n) is 6.09. The minimum absolute atomic E-state index is 0.357. The summed E-state index contributed by atoms with van der Waals surface area (Å²) in [6.45, 7) is 13.2. The van der Waals surface area contributed by atoms with E-state index in [1.54, 1.807) is 4.90 Å². The Labute approximate surface area is 104 Å². The van der Waals surface area contributed by atoms with Gasteiger partial charge in [-0.15, -0.1) is 0 Å². The largest absolute Gasteiger partial charge is 0.444 e. The van der Waals surface area contributed by atoms with Gasteiger partial charge in [-0.05, 0) is 54.9 Å². The molecular formula is C13H25NO3. The minimum atomic E-state index is -0.591. The maximum Gasteiger partial charge on any atom is 0.411 e. The number of nitrogens with zero attached hydrogens (tertiary/aromatic N) is 1. The summed E-state index contributed by atoms with van der Waals surface area (Å²) in [4.78, 5) is 13.9. The molecule has 4 nitrogen and oxygen atoms in total. The lowest BCUT2D eigenvalue weighted by molar-refractivity contribution is -0.0204. The summed E-state index contributed by atoms with van der Waals surface area (Å²) in [5.41, 5.74) is -1.49. The molecule has 0 aromatic heterocycles. The van der Waals surface area contributed by atoms with Crippen molar-refractivity contribution in [1.29, 1.82) is 0 Å². The van der Waals surface area contributed by atoms with Gasteiger partial charge in [0.15, 0.2) is 0 Å². The Morgan fingerprint density at radius 3 is 2.06 bits per heavy atom. The number of aliphatic hydroxyl groups is 1. The quantitative estimate of drug-likeness (QED) is 0.711. The van der Waals surface area contributed by atoms with Crippen LogP contribution in [0.2, 0.25) is 0 Å². The van der Waals surface area contributed by atoms with Gasteiger partial charge in [0.2, 0.25) is 0 Å². The van der Waals surface area contributed by atoms with Crippen LogP contribution >= 0.6 is 0 Å². The average Bonchev–Trinajstić information content (AvgIpc) is 2.11. The smallest absolute Gasteiger partial charge is 0.411 e. The van der Waals surface area contributed by atoms with Crippen LogP contribution in [0.25, 0.3) is 0 Å². The molecule has 0 spiro atoms. The minimum Gasteiger partial charge on any atom is -0.444 e. The fourth-order valence-electron chi connectivity index (χ4n) is 2.53. The Hall–Kier alpha value is -0.770.